The number of fused-ring (bicyclic) bond motifs is 3. The first-order chi connectivity index (χ1) is 19.0. The van der Waals surface area contributed by atoms with Crippen molar-refractivity contribution in [3.05, 3.63) is 113 Å². The second-order valence-corrected chi connectivity index (χ2v) is 10.0. The van der Waals surface area contributed by atoms with E-state index in [4.69, 9.17) is 26.8 Å². The number of amides is 1. The first-order valence-electron chi connectivity index (χ1n) is 13.0. The molecule has 1 aromatic heterocycles. The van der Waals surface area contributed by atoms with Crippen LogP contribution < -0.4 is 10.5 Å². The number of nitrogens with zero attached hydrogens (tertiary/aromatic N) is 3. The van der Waals surface area contributed by atoms with E-state index in [9.17, 15) is 4.79 Å². The molecule has 2 N–H and O–H groups in total. The van der Waals surface area contributed by atoms with Crippen LogP contribution in [0.25, 0.3) is 11.1 Å². The monoisotopic (exact) mass is 542 g/mol. The number of rotatable bonds is 4. The van der Waals surface area contributed by atoms with Crippen LogP contribution >= 0.6 is 11.6 Å². The van der Waals surface area contributed by atoms with Crippen molar-refractivity contribution in [1.82, 2.24) is 14.9 Å². The van der Waals surface area contributed by atoms with E-state index in [0.717, 1.165) is 39.1 Å². The van der Waals surface area contributed by atoms with Crippen molar-refractivity contribution in [2.75, 3.05) is 26.4 Å². The zero-order valence-corrected chi connectivity index (χ0v) is 22.4. The summed E-state index contributed by atoms with van der Waals surface area (Å²) < 4.78 is 12.0. The number of nitrogens with two attached hydrogens (primary N) is 1. The minimum Gasteiger partial charge on any atom is -0.491 e. The summed E-state index contributed by atoms with van der Waals surface area (Å²) in [5.41, 5.74) is 12.5. The molecule has 1 amide bonds. The van der Waals surface area contributed by atoms with Gasteiger partial charge < -0.3 is 20.1 Å². The van der Waals surface area contributed by atoms with E-state index in [-0.39, 0.29) is 5.91 Å². The summed E-state index contributed by atoms with van der Waals surface area (Å²) in [5, 5.41) is 0.628. The average Bonchev–Trinajstić information content (AvgIpc) is 2.94. The maximum absolute atomic E-state index is 13.4. The van der Waals surface area contributed by atoms with Crippen LogP contribution in [0.15, 0.2) is 85.5 Å². The predicted molar refractivity (Wildman–Crippen MR) is 152 cm³/mol. The zero-order chi connectivity index (χ0) is 27.0. The van der Waals surface area contributed by atoms with Gasteiger partial charge in [0.1, 0.15) is 18.7 Å². The Labute approximate surface area is 233 Å². The molecule has 0 spiro atoms. The summed E-state index contributed by atoms with van der Waals surface area (Å²) in [6, 6.07) is 21.2. The summed E-state index contributed by atoms with van der Waals surface area (Å²) in [5.74, 6) is 0.706. The van der Waals surface area contributed by atoms with Crippen LogP contribution in [0.2, 0.25) is 5.02 Å². The number of aromatic nitrogens is 2. The molecular formula is C31H31ClN4O3. The van der Waals surface area contributed by atoms with Crippen LogP contribution in [0.1, 0.15) is 22.3 Å². The van der Waals surface area contributed by atoms with E-state index in [2.05, 4.69) is 28.2 Å². The van der Waals surface area contributed by atoms with Gasteiger partial charge in [-0.3, -0.25) is 4.79 Å². The van der Waals surface area contributed by atoms with E-state index >= 15 is 0 Å². The van der Waals surface area contributed by atoms with Gasteiger partial charge in [-0.1, -0.05) is 54.1 Å². The summed E-state index contributed by atoms with van der Waals surface area (Å²) in [6.07, 6.45) is 6.21. The topological polar surface area (TPSA) is 90.6 Å². The predicted octanol–water partition coefficient (Wildman–Crippen LogP) is 4.70. The maximum atomic E-state index is 13.4. The van der Waals surface area contributed by atoms with Gasteiger partial charge in [0, 0.05) is 42.5 Å². The van der Waals surface area contributed by atoms with E-state index in [1.807, 2.05) is 48.5 Å². The van der Waals surface area contributed by atoms with E-state index in [1.165, 1.54) is 6.33 Å². The van der Waals surface area contributed by atoms with Crippen molar-refractivity contribution < 1.29 is 14.3 Å². The van der Waals surface area contributed by atoms with Crippen LogP contribution in [0.5, 0.6) is 5.75 Å². The van der Waals surface area contributed by atoms with Crippen LogP contribution in [0.4, 0.5) is 0 Å². The van der Waals surface area contributed by atoms with Crippen molar-refractivity contribution in [2.24, 2.45) is 5.73 Å². The van der Waals surface area contributed by atoms with Crippen molar-refractivity contribution in [2.45, 2.75) is 25.4 Å². The molecule has 0 saturated heterocycles. The van der Waals surface area contributed by atoms with Crippen LogP contribution in [-0.4, -0.2) is 53.2 Å². The quantitative estimate of drug-likeness (QED) is 0.402. The molecular weight excluding hydrogens is 512 g/mol. The third-order valence-corrected chi connectivity index (χ3v) is 6.91. The highest BCUT2D eigenvalue weighted by molar-refractivity contribution is 6.30. The normalized spacial score (nSPS) is 15.0. The van der Waals surface area contributed by atoms with Crippen LogP contribution in [0.3, 0.4) is 0 Å². The Kier molecular flexibility index (Phi) is 8.83. The van der Waals surface area contributed by atoms with Crippen LogP contribution in [-0.2, 0) is 28.9 Å². The number of carbonyl (C=O) groups is 1. The van der Waals surface area contributed by atoms with Gasteiger partial charge in [0.2, 0.25) is 5.91 Å². The lowest BCUT2D eigenvalue weighted by Crippen LogP contribution is -2.45. The van der Waals surface area contributed by atoms with Crippen molar-refractivity contribution >= 4 is 17.5 Å². The molecule has 0 aliphatic carbocycles. The van der Waals surface area contributed by atoms with Crippen molar-refractivity contribution in [3.63, 3.8) is 0 Å². The minimum absolute atomic E-state index is 0.118. The average molecular weight is 543 g/mol. The van der Waals surface area contributed by atoms with Gasteiger partial charge in [-0.05, 0) is 58.5 Å². The molecule has 3 aromatic carbocycles. The lowest BCUT2D eigenvalue weighted by Gasteiger charge is -2.26. The smallest absolute Gasteiger partial charge is 0.240 e. The number of ether oxygens (including phenoxy) is 2. The maximum Gasteiger partial charge on any atom is 0.240 e. The summed E-state index contributed by atoms with van der Waals surface area (Å²) in [6.45, 7) is 2.09. The van der Waals surface area contributed by atoms with Gasteiger partial charge in [-0.2, -0.15) is 0 Å². The molecule has 1 atom stereocenters. The number of benzene rings is 3. The molecule has 39 heavy (non-hydrogen) atoms. The lowest BCUT2D eigenvalue weighted by atomic mass is 9.98. The fraction of sp³-hybridized carbons (Fsp3) is 0.258. The Morgan fingerprint density at radius 1 is 0.949 bits per heavy atom. The molecule has 1 aliphatic heterocycles. The number of hydrogen-bond donors (Lipinski definition) is 1. The Balaban J connectivity index is 1.38. The minimum atomic E-state index is -0.680. The van der Waals surface area contributed by atoms with Crippen molar-refractivity contribution in [1.29, 1.82) is 0 Å². The van der Waals surface area contributed by atoms with Crippen molar-refractivity contribution in [3.8, 4) is 16.9 Å². The summed E-state index contributed by atoms with van der Waals surface area (Å²) in [7, 11) is 0. The molecule has 7 nitrogen and oxygen atoms in total. The molecule has 0 unspecified atom stereocenters. The highest BCUT2D eigenvalue weighted by Gasteiger charge is 2.22. The molecule has 0 fully saturated rings. The molecule has 2 heterocycles. The number of carbonyl (C=O) groups excluding carboxylic acids is 1. The van der Waals surface area contributed by atoms with Gasteiger partial charge in [0.05, 0.1) is 19.3 Å². The van der Waals surface area contributed by atoms with E-state index in [1.54, 1.807) is 17.3 Å². The molecule has 0 saturated carbocycles. The molecule has 8 heteroatoms. The second-order valence-electron chi connectivity index (χ2n) is 9.61. The Morgan fingerprint density at radius 2 is 1.77 bits per heavy atom. The molecule has 200 valence electrons. The fourth-order valence-electron chi connectivity index (χ4n) is 4.76. The Morgan fingerprint density at radius 3 is 2.62 bits per heavy atom. The Hall–Kier alpha value is -3.78. The second kappa shape index (κ2) is 12.8. The van der Waals surface area contributed by atoms with Crippen LogP contribution in [0, 0.1) is 0 Å². The third kappa shape index (κ3) is 7.20. The number of halogens is 1. The molecule has 4 aromatic rings. The zero-order valence-electron chi connectivity index (χ0n) is 21.6. The number of hydrogen-bond acceptors (Lipinski definition) is 6. The molecule has 1 aliphatic rings. The fourth-order valence-corrected chi connectivity index (χ4v) is 4.97. The van der Waals surface area contributed by atoms with Gasteiger partial charge in [0.15, 0.2) is 0 Å². The standard InChI is InChI=1S/C31H31ClN4O3/c32-28-6-2-4-23(15-28)16-29(33)31(37)36-9-10-38-11-12-39-30-8-7-25(27-18-34-21-35-19-27)17-26(30)14-22-3-1-5-24(13-22)20-36/h1-8,13,15,17-19,21,29H,9-12,14,16,20,33H2/t29-/m0/s1. The first kappa shape index (κ1) is 26.8. The van der Waals surface area contributed by atoms with Gasteiger partial charge in [-0.15, -0.1) is 0 Å². The van der Waals surface area contributed by atoms with Gasteiger partial charge >= 0.3 is 0 Å². The summed E-state index contributed by atoms with van der Waals surface area (Å²) in [4.78, 5) is 23.5. The first-order valence-corrected chi connectivity index (χ1v) is 13.4. The highest BCUT2D eigenvalue weighted by atomic mass is 35.5. The van der Waals surface area contributed by atoms with E-state index in [0.29, 0.717) is 50.8 Å². The third-order valence-electron chi connectivity index (χ3n) is 6.68. The lowest BCUT2D eigenvalue weighted by molar-refractivity contribution is -0.134. The molecule has 5 rings (SSSR count). The van der Waals surface area contributed by atoms with E-state index < -0.39 is 6.04 Å². The molecule has 0 radical (unpaired) electrons. The SMILES string of the molecule is N[C@@H](Cc1cccc(Cl)c1)C(=O)N1CCOCCOc2ccc(-c3cncnc3)cc2Cc2cccc(c2)C1. The highest BCUT2D eigenvalue weighted by Crippen LogP contribution is 2.29. The Bertz CT molecular complexity index is 1420. The largest absolute Gasteiger partial charge is 0.491 e. The van der Waals surface area contributed by atoms with Gasteiger partial charge in [0.25, 0.3) is 0 Å². The van der Waals surface area contributed by atoms with Gasteiger partial charge in [-0.25, -0.2) is 9.97 Å². The summed E-state index contributed by atoms with van der Waals surface area (Å²) >= 11 is 6.12. The molecule has 2 bridgehead atoms.